The zero-order valence-corrected chi connectivity index (χ0v) is 19.7. The van der Waals surface area contributed by atoms with E-state index in [4.69, 9.17) is 4.18 Å². The summed E-state index contributed by atoms with van der Waals surface area (Å²) in [6, 6.07) is 8.35. The van der Waals surface area contributed by atoms with Crippen molar-refractivity contribution in [2.75, 3.05) is 6.61 Å². The topological polar surface area (TPSA) is 43.4 Å². The molecule has 0 aliphatic carbocycles. The predicted octanol–water partition coefficient (Wildman–Crippen LogP) is 6.10. The maximum absolute atomic E-state index is 11.9. The van der Waals surface area contributed by atoms with Crippen LogP contribution in [0.2, 0.25) is 0 Å². The molecular formula is C21H36CaO3S. The second kappa shape index (κ2) is 17.5. The molecule has 26 heavy (non-hydrogen) atoms. The van der Waals surface area contributed by atoms with Crippen molar-refractivity contribution in [2.45, 2.75) is 95.3 Å². The van der Waals surface area contributed by atoms with Gasteiger partial charge >= 0.3 is 0 Å². The number of rotatable bonds is 16. The van der Waals surface area contributed by atoms with Gasteiger partial charge in [0, 0.05) is 37.7 Å². The van der Waals surface area contributed by atoms with Gasteiger partial charge in [-0.2, -0.15) is 8.42 Å². The van der Waals surface area contributed by atoms with Crippen molar-refractivity contribution in [2.24, 2.45) is 0 Å². The molecule has 0 atom stereocenters. The molecule has 0 unspecified atom stereocenters. The minimum absolute atomic E-state index is 0. The second-order valence-corrected chi connectivity index (χ2v) is 8.45. The first-order chi connectivity index (χ1) is 12.2. The number of benzene rings is 1. The summed E-state index contributed by atoms with van der Waals surface area (Å²) in [6.45, 7) is 2.54. The van der Waals surface area contributed by atoms with Crippen LogP contribution in [0.4, 0.5) is 0 Å². The van der Waals surface area contributed by atoms with Gasteiger partial charge in [-0.1, -0.05) is 102 Å². The third kappa shape index (κ3) is 13.5. The molecule has 0 aromatic heterocycles. The van der Waals surface area contributed by atoms with Crippen LogP contribution in [-0.2, 0) is 14.3 Å². The molecule has 0 saturated carbocycles. The molecular weight excluding hydrogens is 372 g/mol. The molecule has 0 bridgehead atoms. The molecule has 1 rings (SSSR count). The van der Waals surface area contributed by atoms with Crippen LogP contribution < -0.4 is 0 Å². The van der Waals surface area contributed by atoms with Gasteiger partial charge in [0.1, 0.15) is 0 Å². The molecule has 0 spiro atoms. The van der Waals surface area contributed by atoms with Gasteiger partial charge in [0.15, 0.2) is 0 Å². The third-order valence-electron chi connectivity index (χ3n) is 4.52. The van der Waals surface area contributed by atoms with E-state index in [2.05, 4.69) is 6.92 Å². The monoisotopic (exact) mass is 408 g/mol. The van der Waals surface area contributed by atoms with Crippen LogP contribution in [-0.4, -0.2) is 52.8 Å². The van der Waals surface area contributed by atoms with E-state index in [1.165, 1.54) is 70.6 Å². The Labute approximate surface area is 191 Å². The van der Waals surface area contributed by atoms with Gasteiger partial charge in [0.25, 0.3) is 10.1 Å². The van der Waals surface area contributed by atoms with Crippen LogP contribution in [0.15, 0.2) is 35.2 Å². The molecule has 1 aromatic carbocycles. The van der Waals surface area contributed by atoms with Crippen molar-refractivity contribution in [1.82, 2.24) is 0 Å². The largest absolute Gasteiger partial charge is 0.296 e. The van der Waals surface area contributed by atoms with Gasteiger partial charge in [-0.25, -0.2) is 0 Å². The van der Waals surface area contributed by atoms with Gasteiger partial charge < -0.3 is 0 Å². The summed E-state index contributed by atoms with van der Waals surface area (Å²) in [5.41, 5.74) is 0. The summed E-state index contributed by atoms with van der Waals surface area (Å²) in [4.78, 5) is 0.240. The van der Waals surface area contributed by atoms with E-state index in [9.17, 15) is 8.42 Å². The fourth-order valence-corrected chi connectivity index (χ4v) is 3.91. The van der Waals surface area contributed by atoms with Crippen LogP contribution in [0, 0.1) is 0 Å². The maximum Gasteiger partial charge on any atom is 0.296 e. The molecule has 0 saturated heterocycles. The molecule has 3 nitrogen and oxygen atoms in total. The van der Waals surface area contributed by atoms with E-state index in [1.54, 1.807) is 30.3 Å². The first kappa shape index (κ1) is 26.4. The van der Waals surface area contributed by atoms with E-state index in [0.717, 1.165) is 12.8 Å². The van der Waals surface area contributed by atoms with Gasteiger partial charge in [0.05, 0.1) is 11.5 Å². The predicted molar refractivity (Wildman–Crippen MR) is 111 cm³/mol. The van der Waals surface area contributed by atoms with Crippen molar-refractivity contribution in [3.63, 3.8) is 0 Å². The van der Waals surface area contributed by atoms with E-state index in [1.807, 2.05) is 0 Å². The van der Waals surface area contributed by atoms with E-state index in [0.29, 0.717) is 0 Å². The second-order valence-electron chi connectivity index (χ2n) is 6.83. The molecule has 0 fully saturated rings. The molecule has 146 valence electrons. The number of hydrogen-bond donors (Lipinski definition) is 0. The van der Waals surface area contributed by atoms with Crippen molar-refractivity contribution in [3.05, 3.63) is 30.3 Å². The van der Waals surface area contributed by atoms with Gasteiger partial charge in [-0.15, -0.1) is 0 Å². The van der Waals surface area contributed by atoms with Crippen molar-refractivity contribution in [1.29, 1.82) is 0 Å². The first-order valence-corrected chi connectivity index (χ1v) is 11.5. The molecule has 0 aliphatic heterocycles. The average Bonchev–Trinajstić information content (AvgIpc) is 2.63. The molecule has 0 aliphatic rings. The normalized spacial score (nSPS) is 11.3. The summed E-state index contributed by atoms with van der Waals surface area (Å²) in [6.07, 6.45) is 16.6. The van der Waals surface area contributed by atoms with E-state index < -0.39 is 10.1 Å². The number of unbranched alkanes of at least 4 members (excludes halogenated alkanes) is 12. The Balaban J connectivity index is 0.00000625. The smallest absolute Gasteiger partial charge is 0.266 e. The Bertz CT molecular complexity index is 517. The van der Waals surface area contributed by atoms with E-state index >= 15 is 0 Å². The summed E-state index contributed by atoms with van der Waals surface area (Å²) in [5, 5.41) is 0. The quantitative estimate of drug-likeness (QED) is 0.188. The van der Waals surface area contributed by atoms with Crippen LogP contribution in [0.3, 0.4) is 0 Å². The Kier molecular flexibility index (Phi) is 17.7. The van der Waals surface area contributed by atoms with Crippen LogP contribution in [0.1, 0.15) is 90.4 Å². The first-order valence-electron chi connectivity index (χ1n) is 10.1. The molecule has 0 heterocycles. The van der Waals surface area contributed by atoms with Gasteiger partial charge in [0.2, 0.25) is 0 Å². The Hall–Kier alpha value is 0.390. The van der Waals surface area contributed by atoms with Crippen molar-refractivity contribution >= 4 is 47.9 Å². The summed E-state index contributed by atoms with van der Waals surface area (Å²) < 4.78 is 28.9. The number of hydrogen-bond acceptors (Lipinski definition) is 3. The maximum atomic E-state index is 11.9. The Morgan fingerprint density at radius 3 is 1.58 bits per heavy atom. The van der Waals surface area contributed by atoms with Gasteiger partial charge in [-0.3, -0.25) is 4.18 Å². The summed E-state index contributed by atoms with van der Waals surface area (Å²) in [5.74, 6) is 0. The van der Waals surface area contributed by atoms with Crippen LogP contribution in [0.25, 0.3) is 0 Å². The van der Waals surface area contributed by atoms with E-state index in [-0.39, 0.29) is 49.2 Å². The molecule has 0 amide bonds. The minimum Gasteiger partial charge on any atom is -0.266 e. The average molecular weight is 409 g/mol. The molecule has 5 heteroatoms. The van der Waals surface area contributed by atoms with Crippen molar-refractivity contribution in [3.8, 4) is 0 Å². The Morgan fingerprint density at radius 1 is 0.692 bits per heavy atom. The van der Waals surface area contributed by atoms with Crippen molar-refractivity contribution < 1.29 is 12.6 Å². The molecule has 2 radical (unpaired) electrons. The summed E-state index contributed by atoms with van der Waals surface area (Å²) in [7, 11) is -3.58. The van der Waals surface area contributed by atoms with Crippen LogP contribution in [0.5, 0.6) is 0 Å². The zero-order valence-electron chi connectivity index (χ0n) is 16.6. The van der Waals surface area contributed by atoms with Gasteiger partial charge in [-0.05, 0) is 18.6 Å². The summed E-state index contributed by atoms with van der Waals surface area (Å²) >= 11 is 0. The fraction of sp³-hybridized carbons (Fsp3) is 0.714. The zero-order chi connectivity index (χ0) is 18.2. The third-order valence-corrected chi connectivity index (χ3v) is 5.84. The van der Waals surface area contributed by atoms with Crippen LogP contribution >= 0.6 is 0 Å². The fourth-order valence-electron chi connectivity index (χ4n) is 2.94. The minimum atomic E-state index is -3.58. The molecule has 1 aromatic rings. The Morgan fingerprint density at radius 2 is 1.12 bits per heavy atom. The standard InChI is InChI=1S/C21H36O3S.Ca/c1-2-3-4-5-6-7-8-9-10-11-12-13-17-20-24-25(22,23)21-18-15-14-16-19-21;/h14-16,18-19H,2-13,17,20H2,1H3;. The molecule has 0 N–H and O–H groups in total. The SMILES string of the molecule is CCCCCCCCCCCCCCCOS(=O)(=O)c1ccccc1.[Ca].